The molecule has 6 aromatic carbocycles. The van der Waals surface area contributed by atoms with Crippen molar-refractivity contribution in [1.29, 1.82) is 0 Å². The van der Waals surface area contributed by atoms with Gasteiger partial charge in [0.25, 0.3) is 0 Å². The molecule has 0 atom stereocenters. The van der Waals surface area contributed by atoms with Gasteiger partial charge in [-0.3, -0.25) is 18.1 Å². The fraction of sp³-hybridized carbons (Fsp3) is 0.250. The van der Waals surface area contributed by atoms with E-state index in [-0.39, 0.29) is 0 Å². The number of nitrogens with one attached hydrogen (secondary N) is 2. The molecule has 0 aliphatic carbocycles. The van der Waals surface area contributed by atoms with Gasteiger partial charge in [0.1, 0.15) is 16.4 Å². The summed E-state index contributed by atoms with van der Waals surface area (Å²) in [4.78, 5) is 7.35. The van der Waals surface area contributed by atoms with E-state index in [0.717, 1.165) is 38.5 Å². The molecular formula is C48H56N3O6P3+2. The number of nitrogens with zero attached hydrogens (tertiary/aromatic N) is 1. The molecule has 0 unspecified atom stereocenters. The SMILES string of the molecule is CCc1ccc(OP2(Oc3ccc(CC)cc3)=N[P+](Oc3ccc(CC)cc3)(Oc3ccc(CC)cc3)N[P+](Oc3ccc(CC)cc3)(Oc3ccc(CC)cc3)N2)cc1. The monoisotopic (exact) mass is 863 g/mol. The topological polar surface area (TPSA) is 91.8 Å². The van der Waals surface area contributed by atoms with Crippen LogP contribution in [-0.4, -0.2) is 0 Å². The molecule has 0 spiro atoms. The zero-order valence-electron chi connectivity index (χ0n) is 35.3. The highest BCUT2D eigenvalue weighted by atomic mass is 31.3. The predicted octanol–water partition coefficient (Wildman–Crippen LogP) is 14.3. The second-order valence-corrected chi connectivity index (χ2v) is 21.0. The normalized spacial score (nSPS) is 15.0. The highest BCUT2D eigenvalue weighted by Crippen LogP contribution is 2.79. The Labute approximate surface area is 357 Å². The van der Waals surface area contributed by atoms with Gasteiger partial charge in [-0.25, -0.2) is 0 Å². The van der Waals surface area contributed by atoms with Crippen LogP contribution in [0, 0.1) is 0 Å². The third kappa shape index (κ3) is 10.9. The molecule has 7 rings (SSSR count). The average molecular weight is 864 g/mol. The maximum absolute atomic E-state index is 7.15. The summed E-state index contributed by atoms with van der Waals surface area (Å²) < 4.78 is 48.3. The smallest absolute Gasteiger partial charge is 0.415 e. The maximum Gasteiger partial charge on any atom is 0.617 e. The minimum Gasteiger partial charge on any atom is -0.415 e. The lowest BCUT2D eigenvalue weighted by Gasteiger charge is -2.34. The molecule has 0 saturated carbocycles. The van der Waals surface area contributed by atoms with Crippen LogP contribution in [-0.2, 0) is 38.5 Å². The molecule has 312 valence electrons. The van der Waals surface area contributed by atoms with Gasteiger partial charge < -0.3 is 9.05 Å². The predicted molar refractivity (Wildman–Crippen MR) is 248 cm³/mol. The van der Waals surface area contributed by atoms with Gasteiger partial charge in [0.2, 0.25) is 0 Å². The highest BCUT2D eigenvalue weighted by molar-refractivity contribution is 7.89. The summed E-state index contributed by atoms with van der Waals surface area (Å²) in [6, 6.07) is 47.9. The first-order chi connectivity index (χ1) is 29.2. The van der Waals surface area contributed by atoms with Crippen LogP contribution in [0.3, 0.4) is 0 Å². The van der Waals surface area contributed by atoms with E-state index >= 15 is 0 Å². The molecule has 60 heavy (non-hydrogen) atoms. The van der Waals surface area contributed by atoms with Crippen LogP contribution in [0.1, 0.15) is 74.9 Å². The van der Waals surface area contributed by atoms with E-state index in [1.165, 1.54) is 33.4 Å². The van der Waals surface area contributed by atoms with Gasteiger partial charge >= 0.3 is 23.7 Å². The first-order valence-corrected chi connectivity index (χ1v) is 25.7. The van der Waals surface area contributed by atoms with Gasteiger partial charge in [0.15, 0.2) is 23.0 Å². The summed E-state index contributed by atoms with van der Waals surface area (Å²) in [5.74, 6) is 3.28. The molecule has 12 heteroatoms. The van der Waals surface area contributed by atoms with Crippen molar-refractivity contribution in [2.75, 3.05) is 0 Å². The first-order valence-electron chi connectivity index (χ1n) is 20.9. The standard InChI is InChI=1S/C48H56N3O6P3/c1-7-37-13-25-43(26-14-37)52-58(53-44-27-15-38(8-2)16-28-44)49-59(54-45-29-17-39(9-3)18-30-45,55-46-31-19-40(10-4)20-32-46)51-60(50-58,56-47-33-21-41(11-5)22-34-47)57-48-35-23-42(12-6)24-36-48/h13-36,49-50H,7-12H2,1-6H3/q+2. The first kappa shape index (κ1) is 43.2. The second kappa shape index (κ2) is 19.7. The lowest BCUT2D eigenvalue weighted by molar-refractivity contribution is 0.403. The molecule has 0 radical (unpaired) electrons. The quantitative estimate of drug-likeness (QED) is 0.0826. The third-order valence-corrected chi connectivity index (χ3v) is 18.9. The maximum atomic E-state index is 7.15. The highest BCUT2D eigenvalue weighted by Gasteiger charge is 2.75. The fourth-order valence-corrected chi connectivity index (χ4v) is 16.4. The third-order valence-electron chi connectivity index (χ3n) is 10.1. The van der Waals surface area contributed by atoms with E-state index in [0.29, 0.717) is 34.5 Å². The van der Waals surface area contributed by atoms with Gasteiger partial charge in [0.05, 0.1) is 4.52 Å². The molecule has 2 N–H and O–H groups in total. The van der Waals surface area contributed by atoms with Gasteiger partial charge in [-0.05, 0) is 145 Å². The van der Waals surface area contributed by atoms with Gasteiger partial charge in [-0.1, -0.05) is 114 Å². The summed E-state index contributed by atoms with van der Waals surface area (Å²) in [5, 5.41) is 0. The van der Waals surface area contributed by atoms with E-state index in [2.05, 4.69) is 75.5 Å². The number of hydrogen-bond donors (Lipinski definition) is 2. The van der Waals surface area contributed by atoms with Crippen molar-refractivity contribution < 1.29 is 27.1 Å². The molecule has 1 aliphatic heterocycles. The summed E-state index contributed by atoms with van der Waals surface area (Å²) in [6.07, 6.45) is 5.26. The molecule has 1 heterocycles. The Balaban J connectivity index is 1.49. The van der Waals surface area contributed by atoms with Crippen molar-refractivity contribution >= 4 is 23.7 Å². The van der Waals surface area contributed by atoms with Gasteiger partial charge in [-0.2, -0.15) is 0 Å². The van der Waals surface area contributed by atoms with Crippen molar-refractivity contribution in [3.05, 3.63) is 179 Å². The van der Waals surface area contributed by atoms with Crippen molar-refractivity contribution in [3.63, 3.8) is 0 Å². The van der Waals surface area contributed by atoms with E-state index in [1.807, 2.05) is 121 Å². The average Bonchev–Trinajstić information content (AvgIpc) is 3.27. The minimum absolute atomic E-state index is 0.541. The number of benzene rings is 6. The van der Waals surface area contributed by atoms with Crippen molar-refractivity contribution in [3.8, 4) is 34.5 Å². The minimum atomic E-state index is -3.82. The molecule has 0 bridgehead atoms. The Bertz CT molecular complexity index is 2190. The van der Waals surface area contributed by atoms with Gasteiger partial charge in [-0.15, -0.1) is 0 Å². The molecule has 0 saturated heterocycles. The Hall–Kier alpha value is -4.87. The molecule has 1 aliphatic rings. The summed E-state index contributed by atoms with van der Waals surface area (Å²) >= 11 is 0. The second-order valence-electron chi connectivity index (χ2n) is 14.4. The molecule has 0 fully saturated rings. The van der Waals surface area contributed by atoms with E-state index < -0.39 is 23.7 Å². The van der Waals surface area contributed by atoms with Crippen LogP contribution in [0.2, 0.25) is 0 Å². The zero-order chi connectivity index (χ0) is 42.0. The Morgan fingerprint density at radius 2 is 0.617 bits per heavy atom. The number of hydrogen-bond acceptors (Lipinski definition) is 9. The molecule has 0 aromatic heterocycles. The van der Waals surface area contributed by atoms with Crippen LogP contribution in [0.4, 0.5) is 0 Å². The Morgan fingerprint density at radius 3 is 0.883 bits per heavy atom. The molecule has 6 aromatic rings. The molecule has 0 amide bonds. The largest absolute Gasteiger partial charge is 0.617 e. The van der Waals surface area contributed by atoms with Crippen LogP contribution in [0.15, 0.2) is 150 Å². The summed E-state index contributed by atoms with van der Waals surface area (Å²) in [7, 11) is -11.4. The molecule has 9 nitrogen and oxygen atoms in total. The summed E-state index contributed by atoms with van der Waals surface area (Å²) in [5.41, 5.74) is 7.01. The van der Waals surface area contributed by atoms with Crippen molar-refractivity contribution in [1.82, 2.24) is 9.72 Å². The number of rotatable bonds is 18. The zero-order valence-corrected chi connectivity index (χ0v) is 38.0. The van der Waals surface area contributed by atoms with Crippen LogP contribution in [0.5, 0.6) is 34.5 Å². The lowest BCUT2D eigenvalue weighted by Crippen LogP contribution is -2.41. The van der Waals surface area contributed by atoms with Crippen LogP contribution < -0.4 is 36.9 Å². The van der Waals surface area contributed by atoms with Crippen molar-refractivity contribution in [2.45, 2.75) is 80.1 Å². The summed E-state index contributed by atoms with van der Waals surface area (Å²) in [6.45, 7) is 12.7. The molecular weight excluding hydrogens is 807 g/mol. The Kier molecular flexibility index (Phi) is 14.2. The van der Waals surface area contributed by atoms with Crippen LogP contribution >= 0.6 is 23.7 Å². The van der Waals surface area contributed by atoms with Gasteiger partial charge in [0, 0.05) is 4.86 Å². The fourth-order valence-electron chi connectivity index (χ4n) is 6.43. The van der Waals surface area contributed by atoms with E-state index in [4.69, 9.17) is 31.7 Å². The number of aryl methyl sites for hydroxylation is 6. The van der Waals surface area contributed by atoms with E-state index in [1.54, 1.807) is 0 Å². The Morgan fingerprint density at radius 1 is 0.367 bits per heavy atom. The lowest BCUT2D eigenvalue weighted by atomic mass is 10.2. The van der Waals surface area contributed by atoms with Crippen LogP contribution in [0.25, 0.3) is 0 Å². The van der Waals surface area contributed by atoms with Crippen molar-refractivity contribution in [2.24, 2.45) is 4.52 Å². The van der Waals surface area contributed by atoms with E-state index in [9.17, 15) is 0 Å².